The van der Waals surface area contributed by atoms with E-state index in [1.54, 1.807) is 6.20 Å². The zero-order chi connectivity index (χ0) is 12.0. The SMILES string of the molecule is C[N+]1=CN=C2NC=CC(C)(C)C(=CN)C21C. The smallest absolute Gasteiger partial charge is 0.284 e. The molecule has 2 aliphatic heterocycles. The van der Waals surface area contributed by atoms with Crippen molar-refractivity contribution in [1.29, 1.82) is 0 Å². The number of nitrogens with two attached hydrogens (primary N) is 1. The number of aliphatic imine (C=N–C) groups is 1. The molecule has 0 aromatic heterocycles. The molecule has 4 nitrogen and oxygen atoms in total. The molecule has 0 radical (unpaired) electrons. The van der Waals surface area contributed by atoms with Crippen LogP contribution in [0.4, 0.5) is 0 Å². The van der Waals surface area contributed by atoms with Crippen LogP contribution in [-0.4, -0.2) is 29.3 Å². The molecule has 2 aliphatic rings. The normalized spacial score (nSPS) is 33.9. The van der Waals surface area contributed by atoms with Gasteiger partial charge in [-0.25, -0.2) is 4.58 Å². The van der Waals surface area contributed by atoms with Crippen molar-refractivity contribution in [1.82, 2.24) is 5.32 Å². The third-order valence-electron chi connectivity index (χ3n) is 3.63. The molecule has 0 fully saturated rings. The molecule has 0 bridgehead atoms. The Morgan fingerprint density at radius 2 is 2.12 bits per heavy atom. The van der Waals surface area contributed by atoms with Gasteiger partial charge in [0, 0.05) is 17.2 Å². The fraction of sp³-hybridized carbons (Fsp3) is 0.500. The summed E-state index contributed by atoms with van der Waals surface area (Å²) in [7, 11) is 2.02. The zero-order valence-corrected chi connectivity index (χ0v) is 10.3. The van der Waals surface area contributed by atoms with E-state index in [0.29, 0.717) is 0 Å². The predicted molar refractivity (Wildman–Crippen MR) is 66.4 cm³/mol. The summed E-state index contributed by atoms with van der Waals surface area (Å²) in [4.78, 5) is 4.39. The van der Waals surface area contributed by atoms with Gasteiger partial charge >= 0.3 is 0 Å². The van der Waals surface area contributed by atoms with Crippen molar-refractivity contribution in [2.24, 2.45) is 16.1 Å². The van der Waals surface area contributed by atoms with Crippen LogP contribution in [0.15, 0.2) is 29.0 Å². The molecule has 0 aromatic carbocycles. The summed E-state index contributed by atoms with van der Waals surface area (Å²) in [5.41, 5.74) is 6.62. The molecule has 86 valence electrons. The number of allylic oxidation sites excluding steroid dienone is 1. The van der Waals surface area contributed by atoms with Crippen molar-refractivity contribution in [2.75, 3.05) is 7.05 Å². The standard InChI is InChI=1S/C12H18N4/c1-11(2)5-6-14-10-12(3,9(11)7-13)16(4)8-15-10/h5-8H,13H2,1-4H3/p+1. The van der Waals surface area contributed by atoms with Gasteiger partial charge in [0.2, 0.25) is 5.54 Å². The average Bonchev–Trinajstić information content (AvgIpc) is 2.42. The molecular weight excluding hydrogens is 200 g/mol. The third kappa shape index (κ3) is 1.22. The van der Waals surface area contributed by atoms with Crippen molar-refractivity contribution in [3.8, 4) is 0 Å². The first-order valence-electron chi connectivity index (χ1n) is 5.44. The van der Waals surface area contributed by atoms with Crippen molar-refractivity contribution >= 4 is 12.2 Å². The number of likely N-dealkylation sites (N-methyl/N-ethyl adjacent to an activating group) is 1. The molecule has 0 saturated heterocycles. The second-order valence-electron chi connectivity index (χ2n) is 5.06. The Bertz CT molecular complexity index is 440. The molecule has 1 unspecified atom stereocenters. The molecule has 0 amide bonds. The maximum atomic E-state index is 5.83. The highest BCUT2D eigenvalue weighted by Gasteiger charge is 2.51. The summed E-state index contributed by atoms with van der Waals surface area (Å²) in [6.45, 7) is 6.45. The number of nitrogens with zero attached hydrogens (tertiary/aromatic N) is 2. The minimum Gasteiger partial charge on any atom is -0.404 e. The van der Waals surface area contributed by atoms with Crippen LogP contribution in [-0.2, 0) is 0 Å². The van der Waals surface area contributed by atoms with E-state index in [9.17, 15) is 0 Å². The van der Waals surface area contributed by atoms with Crippen molar-refractivity contribution < 1.29 is 4.58 Å². The third-order valence-corrected chi connectivity index (χ3v) is 3.63. The van der Waals surface area contributed by atoms with Gasteiger partial charge in [0.25, 0.3) is 12.2 Å². The van der Waals surface area contributed by atoms with Gasteiger partial charge in [-0.3, -0.25) is 0 Å². The Morgan fingerprint density at radius 1 is 1.44 bits per heavy atom. The predicted octanol–water partition coefficient (Wildman–Crippen LogP) is 0.813. The van der Waals surface area contributed by atoms with E-state index in [1.807, 2.05) is 19.6 Å². The van der Waals surface area contributed by atoms with Gasteiger partial charge in [0.05, 0.1) is 7.05 Å². The number of hydrogen-bond donors (Lipinski definition) is 2. The Morgan fingerprint density at radius 3 is 2.75 bits per heavy atom. The topological polar surface area (TPSA) is 53.4 Å². The van der Waals surface area contributed by atoms with E-state index >= 15 is 0 Å². The minimum absolute atomic E-state index is 0.0831. The molecule has 4 heteroatoms. The highest BCUT2D eigenvalue weighted by atomic mass is 15.2. The van der Waals surface area contributed by atoms with Gasteiger partial charge in [-0.1, -0.05) is 19.9 Å². The van der Waals surface area contributed by atoms with Crippen molar-refractivity contribution in [3.63, 3.8) is 0 Å². The van der Waals surface area contributed by atoms with E-state index < -0.39 is 0 Å². The Labute approximate surface area is 96.3 Å². The van der Waals surface area contributed by atoms with Gasteiger partial charge in [-0.05, 0) is 18.1 Å². The second kappa shape index (κ2) is 3.20. The summed E-state index contributed by atoms with van der Waals surface area (Å²) >= 11 is 0. The summed E-state index contributed by atoms with van der Waals surface area (Å²) in [5, 5.41) is 3.23. The van der Waals surface area contributed by atoms with Crippen molar-refractivity contribution in [3.05, 3.63) is 24.0 Å². The maximum Gasteiger partial charge on any atom is 0.284 e. The monoisotopic (exact) mass is 219 g/mol. The first-order valence-corrected chi connectivity index (χ1v) is 5.44. The summed E-state index contributed by atoms with van der Waals surface area (Å²) in [6, 6.07) is 0. The van der Waals surface area contributed by atoms with Crippen LogP contribution in [0, 0.1) is 5.41 Å². The van der Waals surface area contributed by atoms with E-state index in [2.05, 4.69) is 41.7 Å². The van der Waals surface area contributed by atoms with E-state index in [-0.39, 0.29) is 11.0 Å². The fourth-order valence-corrected chi connectivity index (χ4v) is 2.47. The van der Waals surface area contributed by atoms with Crippen LogP contribution < -0.4 is 11.1 Å². The number of nitrogens with one attached hydrogen (secondary N) is 1. The quantitative estimate of drug-likeness (QED) is 0.592. The number of rotatable bonds is 0. The van der Waals surface area contributed by atoms with Gasteiger partial charge in [-0.15, -0.1) is 0 Å². The van der Waals surface area contributed by atoms with Gasteiger partial charge < -0.3 is 11.1 Å². The lowest BCUT2D eigenvalue weighted by Crippen LogP contribution is -2.50. The first kappa shape index (κ1) is 10.9. The summed E-state index contributed by atoms with van der Waals surface area (Å²) in [5.74, 6) is 0.925. The molecular formula is C12H19N4+. The van der Waals surface area contributed by atoms with E-state index in [4.69, 9.17) is 5.73 Å². The van der Waals surface area contributed by atoms with Crippen molar-refractivity contribution in [2.45, 2.75) is 26.3 Å². The molecule has 2 heterocycles. The molecule has 16 heavy (non-hydrogen) atoms. The summed E-state index contributed by atoms with van der Waals surface area (Å²) in [6.07, 6.45) is 7.61. The number of hydrogen-bond acceptors (Lipinski definition) is 3. The molecule has 0 saturated carbocycles. The van der Waals surface area contributed by atoms with Crippen LogP contribution >= 0.6 is 0 Å². The molecule has 0 aliphatic carbocycles. The van der Waals surface area contributed by atoms with Crippen LogP contribution in [0.2, 0.25) is 0 Å². The van der Waals surface area contributed by atoms with E-state index in [0.717, 1.165) is 11.4 Å². The maximum absolute atomic E-state index is 5.83. The molecule has 3 N–H and O–H groups in total. The molecule has 0 spiro atoms. The van der Waals surface area contributed by atoms with Gasteiger partial charge in [-0.2, -0.15) is 0 Å². The second-order valence-corrected chi connectivity index (χ2v) is 5.06. The number of amidine groups is 1. The largest absolute Gasteiger partial charge is 0.404 e. The van der Waals surface area contributed by atoms with Crippen LogP contribution in [0.25, 0.3) is 0 Å². The van der Waals surface area contributed by atoms with Gasteiger partial charge in [0.1, 0.15) is 0 Å². The Balaban J connectivity index is 2.63. The Kier molecular flexibility index (Phi) is 2.19. The lowest BCUT2D eigenvalue weighted by Gasteiger charge is -2.32. The molecule has 2 rings (SSSR count). The van der Waals surface area contributed by atoms with E-state index in [1.165, 1.54) is 0 Å². The fourth-order valence-electron chi connectivity index (χ4n) is 2.47. The average molecular weight is 219 g/mol. The highest BCUT2D eigenvalue weighted by molar-refractivity contribution is 6.00. The van der Waals surface area contributed by atoms with Crippen LogP contribution in [0.5, 0.6) is 0 Å². The zero-order valence-electron chi connectivity index (χ0n) is 10.3. The lowest BCUT2D eigenvalue weighted by molar-refractivity contribution is -0.541. The summed E-state index contributed by atoms with van der Waals surface area (Å²) < 4.78 is 2.09. The van der Waals surface area contributed by atoms with Crippen LogP contribution in [0.3, 0.4) is 0 Å². The minimum atomic E-state index is -0.276. The van der Waals surface area contributed by atoms with Crippen LogP contribution in [0.1, 0.15) is 20.8 Å². The van der Waals surface area contributed by atoms with Gasteiger partial charge in [0.15, 0.2) is 0 Å². The number of fused-ring (bicyclic) bond motifs is 1. The first-order chi connectivity index (χ1) is 7.43. The Hall–Kier alpha value is -1.58. The molecule has 1 atom stereocenters. The lowest BCUT2D eigenvalue weighted by atomic mass is 9.74. The highest BCUT2D eigenvalue weighted by Crippen LogP contribution is 2.39. The molecule has 0 aromatic rings.